The van der Waals surface area contributed by atoms with Gasteiger partial charge in [0.15, 0.2) is 0 Å². The molecule has 0 fully saturated rings. The molecule has 21 heavy (non-hydrogen) atoms. The number of halogens is 3. The van der Waals surface area contributed by atoms with Gasteiger partial charge < -0.3 is 4.55 Å². The van der Waals surface area contributed by atoms with Gasteiger partial charge in [0.2, 0.25) is 0 Å². The van der Waals surface area contributed by atoms with Crippen LogP contribution in [0.25, 0.3) is 0 Å². The zero-order valence-electron chi connectivity index (χ0n) is 12.8. The molecule has 1 N–H and O–H groups in total. The summed E-state index contributed by atoms with van der Waals surface area (Å²) in [6.07, 6.45) is -2.63. The lowest BCUT2D eigenvalue weighted by Crippen LogP contribution is -2.34. The van der Waals surface area contributed by atoms with E-state index in [9.17, 15) is 17.7 Å². The number of benzene rings is 1. The van der Waals surface area contributed by atoms with Gasteiger partial charge in [0.25, 0.3) is 0 Å². The van der Waals surface area contributed by atoms with Crippen molar-refractivity contribution < 1.29 is 17.7 Å². The lowest BCUT2D eigenvalue weighted by molar-refractivity contribution is -0.138. The summed E-state index contributed by atoms with van der Waals surface area (Å²) in [6, 6.07) is 3.71. The van der Waals surface area contributed by atoms with Gasteiger partial charge in [0.05, 0.1) is 11.6 Å². The zero-order chi connectivity index (χ0) is 16.2. The number of alkyl halides is 3. The second kappa shape index (κ2) is 7.51. The third kappa shape index (κ3) is 4.90. The first-order valence-corrected chi connectivity index (χ1v) is 8.23. The summed E-state index contributed by atoms with van der Waals surface area (Å²) < 4.78 is 53.7. The molecule has 0 heterocycles. The standard InChI is InChI=1S/C15H22F3NOS/c1-5-7-10(2)21(20)19-12(4)13-8-6-9-14(11(13)3)15(16,17)18/h6,8-10,12,19H,5,7H2,1-4H3. The Morgan fingerprint density at radius 3 is 2.43 bits per heavy atom. The fourth-order valence-corrected chi connectivity index (χ4v) is 3.45. The Hall–Kier alpha value is -0.720. The first-order valence-electron chi connectivity index (χ1n) is 7.01. The molecule has 0 radical (unpaired) electrons. The van der Waals surface area contributed by atoms with Crippen LogP contribution in [0.3, 0.4) is 0 Å². The topological polar surface area (TPSA) is 35.1 Å². The van der Waals surface area contributed by atoms with Crippen LogP contribution in [0.2, 0.25) is 0 Å². The summed E-state index contributed by atoms with van der Waals surface area (Å²) in [5.41, 5.74) is 0.0769. The maximum Gasteiger partial charge on any atom is 0.416 e. The number of hydrogen-bond acceptors (Lipinski definition) is 2. The van der Waals surface area contributed by atoms with Gasteiger partial charge in [0.1, 0.15) is 5.25 Å². The van der Waals surface area contributed by atoms with Crippen LogP contribution in [-0.4, -0.2) is 9.80 Å². The van der Waals surface area contributed by atoms with Crippen LogP contribution in [0.15, 0.2) is 18.2 Å². The van der Waals surface area contributed by atoms with Gasteiger partial charge in [-0.3, -0.25) is 0 Å². The van der Waals surface area contributed by atoms with Crippen LogP contribution < -0.4 is 4.72 Å². The SMILES string of the molecule is CCCC(C)[S+]([O-])NC(C)c1cccc(C(F)(F)F)c1C. The maximum absolute atomic E-state index is 12.9. The van der Waals surface area contributed by atoms with Gasteiger partial charge >= 0.3 is 6.18 Å². The molecule has 0 aliphatic heterocycles. The molecule has 3 unspecified atom stereocenters. The van der Waals surface area contributed by atoms with Gasteiger partial charge in [-0.1, -0.05) is 25.5 Å². The van der Waals surface area contributed by atoms with E-state index in [0.717, 1.165) is 18.9 Å². The van der Waals surface area contributed by atoms with Crippen molar-refractivity contribution >= 4 is 11.4 Å². The van der Waals surface area contributed by atoms with Crippen LogP contribution in [0, 0.1) is 6.92 Å². The highest BCUT2D eigenvalue weighted by atomic mass is 32.2. The predicted molar refractivity (Wildman–Crippen MR) is 80.2 cm³/mol. The fraction of sp³-hybridized carbons (Fsp3) is 0.600. The first-order chi connectivity index (χ1) is 9.68. The molecule has 3 atom stereocenters. The molecule has 6 heteroatoms. The molecular weight excluding hydrogens is 299 g/mol. The number of rotatable bonds is 6. The third-order valence-electron chi connectivity index (χ3n) is 3.50. The summed E-state index contributed by atoms with van der Waals surface area (Å²) in [5.74, 6) is 0. The van der Waals surface area contributed by atoms with E-state index in [1.165, 1.54) is 13.0 Å². The maximum atomic E-state index is 12.9. The molecule has 0 saturated carbocycles. The van der Waals surface area contributed by atoms with E-state index < -0.39 is 29.1 Å². The Balaban J connectivity index is 2.91. The summed E-state index contributed by atoms with van der Waals surface area (Å²) in [6.45, 7) is 7.07. The van der Waals surface area contributed by atoms with Gasteiger partial charge in [-0.25, -0.2) is 0 Å². The summed E-state index contributed by atoms with van der Waals surface area (Å²) in [5, 5.41) is -0.0245. The van der Waals surface area contributed by atoms with E-state index >= 15 is 0 Å². The summed E-state index contributed by atoms with van der Waals surface area (Å²) in [7, 11) is 0. The van der Waals surface area contributed by atoms with E-state index in [1.807, 2.05) is 13.8 Å². The van der Waals surface area contributed by atoms with E-state index in [0.29, 0.717) is 5.56 Å². The Labute approximate surface area is 127 Å². The van der Waals surface area contributed by atoms with Crippen LogP contribution in [0.4, 0.5) is 13.2 Å². The molecule has 0 aliphatic rings. The Morgan fingerprint density at radius 2 is 1.90 bits per heavy atom. The third-order valence-corrected chi connectivity index (χ3v) is 5.05. The molecule has 0 bridgehead atoms. The molecule has 1 aromatic carbocycles. The van der Waals surface area contributed by atoms with Gasteiger partial charge in [-0.15, -0.1) is 4.72 Å². The van der Waals surface area contributed by atoms with Crippen molar-refractivity contribution in [3.05, 3.63) is 34.9 Å². The van der Waals surface area contributed by atoms with Gasteiger partial charge in [-0.2, -0.15) is 13.2 Å². The van der Waals surface area contributed by atoms with Crippen LogP contribution in [0.5, 0.6) is 0 Å². The van der Waals surface area contributed by atoms with E-state index in [1.54, 1.807) is 13.0 Å². The van der Waals surface area contributed by atoms with Gasteiger partial charge in [-0.05, 0) is 44.4 Å². The molecule has 0 saturated heterocycles. The molecule has 1 rings (SSSR count). The monoisotopic (exact) mass is 321 g/mol. The minimum atomic E-state index is -4.37. The van der Waals surface area contributed by atoms with Crippen molar-refractivity contribution in [2.45, 2.75) is 58.0 Å². The van der Waals surface area contributed by atoms with Crippen LogP contribution in [0.1, 0.15) is 56.3 Å². The molecule has 0 spiro atoms. The van der Waals surface area contributed by atoms with Crippen LogP contribution in [-0.2, 0) is 17.5 Å². The smallest absolute Gasteiger partial charge is 0.416 e. The minimum absolute atomic E-state index is 0.0245. The molecule has 0 aliphatic carbocycles. The first kappa shape index (κ1) is 18.3. The largest absolute Gasteiger partial charge is 0.598 e. The fourth-order valence-electron chi connectivity index (χ4n) is 2.30. The predicted octanol–water partition coefficient (Wildman–Crippen LogP) is 4.52. The van der Waals surface area contributed by atoms with Crippen molar-refractivity contribution in [3.63, 3.8) is 0 Å². The average Bonchev–Trinajstić information content (AvgIpc) is 2.37. The second-order valence-electron chi connectivity index (χ2n) is 5.25. The quantitative estimate of drug-likeness (QED) is 0.782. The zero-order valence-corrected chi connectivity index (χ0v) is 13.6. The number of nitrogens with one attached hydrogen (secondary N) is 1. The summed E-state index contributed by atoms with van der Waals surface area (Å²) >= 11 is -1.26. The Bertz CT molecular complexity index is 465. The van der Waals surface area contributed by atoms with Crippen molar-refractivity contribution in [2.24, 2.45) is 0 Å². The van der Waals surface area contributed by atoms with Crippen molar-refractivity contribution in [3.8, 4) is 0 Å². The van der Waals surface area contributed by atoms with Crippen molar-refractivity contribution in [2.75, 3.05) is 0 Å². The van der Waals surface area contributed by atoms with Crippen molar-refractivity contribution in [1.82, 2.24) is 4.72 Å². The summed E-state index contributed by atoms with van der Waals surface area (Å²) in [4.78, 5) is 0. The molecule has 0 amide bonds. The molecule has 1 aromatic rings. The second-order valence-corrected chi connectivity index (χ2v) is 6.89. The van der Waals surface area contributed by atoms with E-state index in [4.69, 9.17) is 0 Å². The molecule has 2 nitrogen and oxygen atoms in total. The lowest BCUT2D eigenvalue weighted by Gasteiger charge is -2.23. The highest BCUT2D eigenvalue weighted by molar-refractivity contribution is 7.90. The highest BCUT2D eigenvalue weighted by Gasteiger charge is 2.33. The molecular formula is C15H22F3NOS. The van der Waals surface area contributed by atoms with E-state index in [2.05, 4.69) is 4.72 Å². The average molecular weight is 321 g/mol. The normalized spacial score (nSPS) is 16.6. The Morgan fingerprint density at radius 1 is 1.29 bits per heavy atom. The Kier molecular flexibility index (Phi) is 6.56. The number of hydrogen-bond donors (Lipinski definition) is 1. The minimum Gasteiger partial charge on any atom is -0.598 e. The highest BCUT2D eigenvalue weighted by Crippen LogP contribution is 2.34. The van der Waals surface area contributed by atoms with E-state index in [-0.39, 0.29) is 10.8 Å². The van der Waals surface area contributed by atoms with Crippen LogP contribution >= 0.6 is 0 Å². The molecule has 120 valence electrons. The van der Waals surface area contributed by atoms with Crippen molar-refractivity contribution in [1.29, 1.82) is 0 Å². The molecule has 0 aromatic heterocycles. The van der Waals surface area contributed by atoms with Gasteiger partial charge in [0, 0.05) is 11.4 Å². The lowest BCUT2D eigenvalue weighted by atomic mass is 9.98.